The molecular weight excluding hydrogens is 246 g/mol. The van der Waals surface area contributed by atoms with Gasteiger partial charge in [-0.2, -0.15) is 0 Å². The first-order chi connectivity index (χ1) is 9.86. The van der Waals surface area contributed by atoms with Crippen LogP contribution in [0.5, 0.6) is 0 Å². The van der Waals surface area contributed by atoms with Gasteiger partial charge in [-0.25, -0.2) is 0 Å². The van der Waals surface area contributed by atoms with E-state index in [0.29, 0.717) is 0 Å². The Kier molecular flexibility index (Phi) is 5.36. The van der Waals surface area contributed by atoms with E-state index in [2.05, 4.69) is 22.0 Å². The number of hydrogen-bond donors (Lipinski definition) is 1. The molecule has 0 aromatic heterocycles. The minimum atomic E-state index is 0.791. The van der Waals surface area contributed by atoms with Crippen LogP contribution in [0.25, 0.3) is 0 Å². The molecule has 2 heterocycles. The van der Waals surface area contributed by atoms with Crippen LogP contribution in [-0.2, 0) is 0 Å². The largest absolute Gasteiger partial charge is 0.314 e. The summed E-state index contributed by atoms with van der Waals surface area (Å²) in [6.45, 7) is 10.2. The van der Waals surface area contributed by atoms with E-state index in [9.17, 15) is 0 Å². The zero-order valence-electron chi connectivity index (χ0n) is 13.3. The Labute approximate surface area is 125 Å². The van der Waals surface area contributed by atoms with E-state index in [4.69, 9.17) is 0 Å². The van der Waals surface area contributed by atoms with E-state index >= 15 is 0 Å². The van der Waals surface area contributed by atoms with Crippen molar-refractivity contribution in [2.75, 3.05) is 39.3 Å². The van der Waals surface area contributed by atoms with Crippen LogP contribution in [0.2, 0.25) is 0 Å². The Morgan fingerprint density at radius 2 is 1.75 bits per heavy atom. The van der Waals surface area contributed by atoms with Crippen LogP contribution in [0, 0.1) is 5.92 Å². The maximum absolute atomic E-state index is 3.74. The van der Waals surface area contributed by atoms with Gasteiger partial charge in [0.1, 0.15) is 0 Å². The molecule has 3 nitrogen and oxygen atoms in total. The quantitative estimate of drug-likeness (QED) is 0.833. The number of hydrogen-bond acceptors (Lipinski definition) is 3. The molecule has 3 unspecified atom stereocenters. The molecule has 2 aliphatic heterocycles. The lowest BCUT2D eigenvalue weighted by Crippen LogP contribution is -2.44. The van der Waals surface area contributed by atoms with Gasteiger partial charge in [-0.1, -0.05) is 19.8 Å². The van der Waals surface area contributed by atoms with Gasteiger partial charge in [0, 0.05) is 25.2 Å². The van der Waals surface area contributed by atoms with Gasteiger partial charge >= 0.3 is 0 Å². The monoisotopic (exact) mass is 279 g/mol. The standard InChI is InChI=1S/C17H33N3/c1-2-18-17-8-4-3-7-15(17)13-19-12-9-16(14-19)20-10-5-6-11-20/h15-18H,2-14H2,1H3. The van der Waals surface area contributed by atoms with Crippen molar-refractivity contribution in [2.24, 2.45) is 5.92 Å². The van der Waals surface area contributed by atoms with E-state index in [1.807, 2.05) is 0 Å². The Morgan fingerprint density at radius 3 is 2.55 bits per heavy atom. The molecule has 116 valence electrons. The van der Waals surface area contributed by atoms with E-state index in [0.717, 1.165) is 24.5 Å². The van der Waals surface area contributed by atoms with Crippen molar-refractivity contribution in [1.82, 2.24) is 15.1 Å². The van der Waals surface area contributed by atoms with Crippen molar-refractivity contribution in [2.45, 2.75) is 64.0 Å². The predicted molar refractivity (Wildman–Crippen MR) is 85.1 cm³/mol. The second-order valence-electron chi connectivity index (χ2n) is 7.15. The van der Waals surface area contributed by atoms with Crippen LogP contribution < -0.4 is 5.32 Å². The third-order valence-corrected chi connectivity index (χ3v) is 5.77. The second-order valence-corrected chi connectivity index (χ2v) is 7.15. The first kappa shape index (κ1) is 14.8. The Balaban J connectivity index is 1.47. The zero-order valence-corrected chi connectivity index (χ0v) is 13.3. The normalized spacial score (nSPS) is 36.8. The summed E-state index contributed by atoms with van der Waals surface area (Å²) in [7, 11) is 0. The molecule has 1 saturated carbocycles. The molecule has 20 heavy (non-hydrogen) atoms. The summed E-state index contributed by atoms with van der Waals surface area (Å²) in [5, 5.41) is 3.74. The molecule has 3 aliphatic rings. The molecule has 1 aliphatic carbocycles. The first-order valence-electron chi connectivity index (χ1n) is 9.06. The SMILES string of the molecule is CCNC1CCCCC1CN1CCC(N2CCCC2)C1. The topological polar surface area (TPSA) is 18.5 Å². The molecule has 3 rings (SSSR count). The summed E-state index contributed by atoms with van der Waals surface area (Å²) in [4.78, 5) is 5.52. The minimum absolute atomic E-state index is 0.791. The lowest BCUT2D eigenvalue weighted by molar-refractivity contribution is 0.175. The summed E-state index contributed by atoms with van der Waals surface area (Å²) in [5.41, 5.74) is 0. The van der Waals surface area contributed by atoms with Gasteiger partial charge in [0.2, 0.25) is 0 Å². The average molecular weight is 279 g/mol. The third-order valence-electron chi connectivity index (χ3n) is 5.77. The number of rotatable bonds is 5. The third kappa shape index (κ3) is 3.55. The van der Waals surface area contributed by atoms with Crippen molar-refractivity contribution >= 4 is 0 Å². The molecule has 3 atom stereocenters. The molecule has 1 N–H and O–H groups in total. The summed E-state index contributed by atoms with van der Waals surface area (Å²) in [6.07, 6.45) is 10.0. The highest BCUT2D eigenvalue weighted by atomic mass is 15.3. The first-order valence-corrected chi connectivity index (χ1v) is 9.06. The fraction of sp³-hybridized carbons (Fsp3) is 1.00. The molecule has 0 radical (unpaired) electrons. The van der Waals surface area contributed by atoms with Crippen LogP contribution in [0.1, 0.15) is 51.9 Å². The van der Waals surface area contributed by atoms with Crippen molar-refractivity contribution in [3.63, 3.8) is 0 Å². The second kappa shape index (κ2) is 7.24. The molecule has 0 amide bonds. The molecular formula is C17H33N3. The molecule has 0 aromatic rings. The fourth-order valence-corrected chi connectivity index (χ4v) is 4.67. The molecule has 3 heteroatoms. The summed E-state index contributed by atoms with van der Waals surface area (Å²) in [5.74, 6) is 0.904. The summed E-state index contributed by atoms with van der Waals surface area (Å²) >= 11 is 0. The van der Waals surface area contributed by atoms with Gasteiger partial charge in [0.25, 0.3) is 0 Å². The molecule has 0 bridgehead atoms. The zero-order chi connectivity index (χ0) is 13.8. The van der Waals surface area contributed by atoms with Gasteiger partial charge in [-0.15, -0.1) is 0 Å². The van der Waals surface area contributed by atoms with Gasteiger partial charge in [-0.3, -0.25) is 4.90 Å². The fourth-order valence-electron chi connectivity index (χ4n) is 4.67. The Hall–Kier alpha value is -0.120. The van der Waals surface area contributed by atoms with Crippen LogP contribution in [0.4, 0.5) is 0 Å². The van der Waals surface area contributed by atoms with Crippen LogP contribution in [0.3, 0.4) is 0 Å². The highest BCUT2D eigenvalue weighted by molar-refractivity contribution is 4.89. The van der Waals surface area contributed by atoms with E-state index in [1.165, 1.54) is 77.7 Å². The number of nitrogens with one attached hydrogen (secondary N) is 1. The lowest BCUT2D eigenvalue weighted by atomic mass is 9.84. The smallest absolute Gasteiger partial charge is 0.0235 e. The molecule has 0 spiro atoms. The summed E-state index contributed by atoms with van der Waals surface area (Å²) in [6, 6.07) is 1.67. The lowest BCUT2D eigenvalue weighted by Gasteiger charge is -2.35. The average Bonchev–Trinajstić information content (AvgIpc) is 3.12. The van der Waals surface area contributed by atoms with Crippen molar-refractivity contribution in [3.8, 4) is 0 Å². The molecule has 2 saturated heterocycles. The van der Waals surface area contributed by atoms with Gasteiger partial charge in [0.05, 0.1) is 0 Å². The highest BCUT2D eigenvalue weighted by Crippen LogP contribution is 2.27. The Morgan fingerprint density at radius 1 is 0.950 bits per heavy atom. The van der Waals surface area contributed by atoms with Crippen LogP contribution >= 0.6 is 0 Å². The van der Waals surface area contributed by atoms with E-state index < -0.39 is 0 Å². The van der Waals surface area contributed by atoms with Gasteiger partial charge in [-0.05, 0) is 64.2 Å². The van der Waals surface area contributed by atoms with Crippen molar-refractivity contribution < 1.29 is 0 Å². The predicted octanol–water partition coefficient (Wildman–Crippen LogP) is 2.32. The number of nitrogens with zero attached hydrogens (tertiary/aromatic N) is 2. The molecule has 3 fully saturated rings. The summed E-state index contributed by atoms with van der Waals surface area (Å²) < 4.78 is 0. The van der Waals surface area contributed by atoms with Crippen molar-refractivity contribution in [1.29, 1.82) is 0 Å². The maximum Gasteiger partial charge on any atom is 0.0235 e. The van der Waals surface area contributed by atoms with Crippen LogP contribution in [0.15, 0.2) is 0 Å². The van der Waals surface area contributed by atoms with Crippen LogP contribution in [-0.4, -0.2) is 61.2 Å². The Bertz CT molecular complexity index is 286. The molecule has 0 aromatic carbocycles. The van der Waals surface area contributed by atoms with E-state index in [1.54, 1.807) is 0 Å². The maximum atomic E-state index is 3.74. The van der Waals surface area contributed by atoms with Gasteiger partial charge in [0.15, 0.2) is 0 Å². The number of likely N-dealkylation sites (tertiary alicyclic amines) is 2. The van der Waals surface area contributed by atoms with Gasteiger partial charge < -0.3 is 10.2 Å². The van der Waals surface area contributed by atoms with E-state index in [-0.39, 0.29) is 0 Å². The van der Waals surface area contributed by atoms with Crippen molar-refractivity contribution in [3.05, 3.63) is 0 Å². The minimum Gasteiger partial charge on any atom is -0.314 e. The highest BCUT2D eigenvalue weighted by Gasteiger charge is 2.32.